The molecule has 10 nitrogen and oxygen atoms in total. The number of aromatic nitrogens is 2. The van der Waals surface area contributed by atoms with Crippen molar-refractivity contribution in [3.05, 3.63) is 124 Å². The molecule has 1 unspecified atom stereocenters. The molecule has 1 aliphatic heterocycles. The summed E-state index contributed by atoms with van der Waals surface area (Å²) in [6.07, 6.45) is 4.78. The molecule has 0 saturated carbocycles. The summed E-state index contributed by atoms with van der Waals surface area (Å²) in [7, 11) is -3.32. The molecule has 1 aliphatic rings. The van der Waals surface area contributed by atoms with Crippen LogP contribution < -0.4 is 4.90 Å². The van der Waals surface area contributed by atoms with Gasteiger partial charge in [-0.05, 0) is 36.2 Å². The number of nitro groups is 1. The number of sulfone groups is 1. The number of carbonyl (C=O) groups excluding carboxylic acids is 1. The Morgan fingerprint density at radius 2 is 1.77 bits per heavy atom. The first-order chi connectivity index (χ1) is 20.6. The molecule has 1 aromatic heterocycles. The van der Waals surface area contributed by atoms with Crippen LogP contribution in [0.4, 0.5) is 15.8 Å². The fraction of sp³-hybridized carbons (Fsp3) is 0.290. The maximum absolute atomic E-state index is 14.2. The number of piperazine rings is 1. The summed E-state index contributed by atoms with van der Waals surface area (Å²) in [5.41, 5.74) is 2.45. The topological polar surface area (TPSA) is 119 Å². The Labute approximate surface area is 249 Å². The van der Waals surface area contributed by atoms with Crippen LogP contribution in [-0.4, -0.2) is 64.3 Å². The zero-order valence-electron chi connectivity index (χ0n) is 23.6. The van der Waals surface area contributed by atoms with Crippen molar-refractivity contribution in [3.63, 3.8) is 0 Å². The van der Waals surface area contributed by atoms with E-state index in [4.69, 9.17) is 0 Å². The molecular formula is C31H32FN5O5S. The third-order valence-corrected chi connectivity index (χ3v) is 8.67. The van der Waals surface area contributed by atoms with Crippen molar-refractivity contribution in [2.45, 2.75) is 38.0 Å². The lowest BCUT2D eigenvalue weighted by atomic mass is 9.95. The number of nitrogens with zero attached hydrogens (tertiary/aromatic N) is 5. The normalized spacial score (nSPS) is 17.7. The van der Waals surface area contributed by atoms with E-state index in [0.717, 1.165) is 11.3 Å². The highest BCUT2D eigenvalue weighted by Gasteiger charge is 2.42. The molecule has 12 heteroatoms. The molecule has 4 aromatic rings. The quantitative estimate of drug-likeness (QED) is 0.185. The first-order valence-corrected chi connectivity index (χ1v) is 15.9. The van der Waals surface area contributed by atoms with E-state index >= 15 is 0 Å². The van der Waals surface area contributed by atoms with Crippen LogP contribution in [0.5, 0.6) is 0 Å². The van der Waals surface area contributed by atoms with E-state index in [1.807, 2.05) is 39.8 Å². The van der Waals surface area contributed by atoms with Crippen LogP contribution in [-0.2, 0) is 34.1 Å². The average Bonchev–Trinajstić information content (AvgIpc) is 3.40. The highest BCUT2D eigenvalue weighted by atomic mass is 32.2. The van der Waals surface area contributed by atoms with E-state index in [1.165, 1.54) is 24.5 Å². The van der Waals surface area contributed by atoms with Crippen LogP contribution in [0.25, 0.3) is 0 Å². The summed E-state index contributed by atoms with van der Waals surface area (Å²) >= 11 is 0. The van der Waals surface area contributed by atoms with Crippen LogP contribution >= 0.6 is 0 Å². The van der Waals surface area contributed by atoms with Gasteiger partial charge in [-0.3, -0.25) is 19.8 Å². The van der Waals surface area contributed by atoms with Crippen molar-refractivity contribution in [3.8, 4) is 0 Å². The minimum absolute atomic E-state index is 0.0483. The number of para-hydroxylation sites is 2. The molecule has 0 bridgehead atoms. The number of benzene rings is 3. The van der Waals surface area contributed by atoms with Gasteiger partial charge in [0.1, 0.15) is 15.7 Å². The first-order valence-electron chi connectivity index (χ1n) is 13.8. The van der Waals surface area contributed by atoms with Crippen molar-refractivity contribution in [1.29, 1.82) is 0 Å². The Morgan fingerprint density at radius 3 is 2.49 bits per heavy atom. The lowest BCUT2D eigenvalue weighted by molar-refractivity contribution is -0.385. The van der Waals surface area contributed by atoms with Gasteiger partial charge in [0, 0.05) is 61.9 Å². The van der Waals surface area contributed by atoms with Gasteiger partial charge in [0.15, 0.2) is 0 Å². The predicted octanol–water partition coefficient (Wildman–Crippen LogP) is 4.24. The molecule has 43 heavy (non-hydrogen) atoms. The monoisotopic (exact) mass is 605 g/mol. The second-order valence-corrected chi connectivity index (χ2v) is 13.0. The molecule has 2 heterocycles. The van der Waals surface area contributed by atoms with Gasteiger partial charge < -0.3 is 9.47 Å². The van der Waals surface area contributed by atoms with Crippen molar-refractivity contribution in [2.24, 2.45) is 0 Å². The third-order valence-electron chi connectivity index (χ3n) is 7.69. The fourth-order valence-electron chi connectivity index (χ4n) is 5.58. The van der Waals surface area contributed by atoms with Gasteiger partial charge in [-0.15, -0.1) is 0 Å². The number of rotatable bonds is 11. The predicted molar refractivity (Wildman–Crippen MR) is 161 cm³/mol. The van der Waals surface area contributed by atoms with Crippen LogP contribution in [0.2, 0.25) is 0 Å². The molecule has 5 rings (SSSR count). The Hall–Kier alpha value is -4.42. The summed E-state index contributed by atoms with van der Waals surface area (Å²) < 4.78 is 40.3. The lowest BCUT2D eigenvalue weighted by Crippen LogP contribution is -2.62. The van der Waals surface area contributed by atoms with Gasteiger partial charge in [-0.1, -0.05) is 48.5 Å². The number of amides is 1. The molecule has 224 valence electrons. The second-order valence-electron chi connectivity index (χ2n) is 10.8. The van der Waals surface area contributed by atoms with Crippen molar-refractivity contribution < 1.29 is 22.5 Å². The number of hydrogen-bond acceptors (Lipinski definition) is 7. The second kappa shape index (κ2) is 12.8. The van der Waals surface area contributed by atoms with Gasteiger partial charge in [-0.25, -0.2) is 17.8 Å². The van der Waals surface area contributed by atoms with Gasteiger partial charge >= 0.3 is 0 Å². The van der Waals surface area contributed by atoms with Crippen molar-refractivity contribution in [2.75, 3.05) is 23.5 Å². The Bertz CT molecular complexity index is 1710. The molecular weight excluding hydrogens is 573 g/mol. The maximum atomic E-state index is 14.2. The number of carbonyl (C=O) groups is 1. The van der Waals surface area contributed by atoms with Crippen LogP contribution in [0.1, 0.15) is 23.2 Å². The zero-order valence-corrected chi connectivity index (χ0v) is 24.4. The fourth-order valence-corrected chi connectivity index (χ4v) is 6.28. The van der Waals surface area contributed by atoms with Crippen LogP contribution in [0.3, 0.4) is 0 Å². The first kappa shape index (κ1) is 30.1. The SMILES string of the molecule is CS(=O)(=O)CC[C@H]1CN(c2ccccc2)C(=O)C(Cc2ccccc2[N+](=O)[O-])N1Cc1cncn1Cc1cccc(F)c1. The highest BCUT2D eigenvalue weighted by molar-refractivity contribution is 7.90. The van der Waals surface area contributed by atoms with Gasteiger partial charge in [-0.2, -0.15) is 0 Å². The molecule has 1 saturated heterocycles. The standard InChI is InChI=1S/C31H32FN5O5S/c1-43(41,42)15-14-27-20-36(26-11-3-2-4-12-26)31(38)30(17-24-9-5-6-13-29(24)37(39)40)35(27)21-28-18-33-22-34(28)19-23-8-7-10-25(32)16-23/h2-13,16,18,22,27,30H,14-15,17,19-21H2,1H3/t27-,30?/m0/s1. The molecule has 1 fully saturated rings. The smallest absolute Gasteiger partial charge is 0.272 e. The summed E-state index contributed by atoms with van der Waals surface area (Å²) in [6, 6.07) is 20.5. The van der Waals surface area contributed by atoms with E-state index in [0.29, 0.717) is 17.8 Å². The lowest BCUT2D eigenvalue weighted by Gasteiger charge is -2.46. The number of imidazole rings is 1. The van der Waals surface area contributed by atoms with Crippen molar-refractivity contribution in [1.82, 2.24) is 14.5 Å². The summed E-state index contributed by atoms with van der Waals surface area (Å²) in [5, 5.41) is 11.9. The van der Waals surface area contributed by atoms with E-state index in [2.05, 4.69) is 4.98 Å². The average molecular weight is 606 g/mol. The van der Waals surface area contributed by atoms with Crippen LogP contribution in [0, 0.1) is 15.9 Å². The minimum Gasteiger partial charge on any atom is -0.329 e. The number of anilines is 1. The van der Waals surface area contributed by atoms with Gasteiger partial charge in [0.25, 0.3) is 5.69 Å². The van der Waals surface area contributed by atoms with Crippen LogP contribution in [0.15, 0.2) is 91.4 Å². The third kappa shape index (κ3) is 7.33. The Balaban J connectivity index is 1.55. The van der Waals surface area contributed by atoms with E-state index in [1.54, 1.807) is 47.8 Å². The molecule has 2 atom stereocenters. The van der Waals surface area contributed by atoms with Gasteiger partial charge in [0.05, 0.1) is 28.7 Å². The Morgan fingerprint density at radius 1 is 1.02 bits per heavy atom. The summed E-state index contributed by atoms with van der Waals surface area (Å²) in [6.45, 7) is 0.807. The van der Waals surface area contributed by atoms with E-state index in [9.17, 15) is 27.7 Å². The molecule has 0 N–H and O–H groups in total. The van der Waals surface area contributed by atoms with E-state index in [-0.39, 0.29) is 49.1 Å². The highest BCUT2D eigenvalue weighted by Crippen LogP contribution is 2.31. The molecule has 0 radical (unpaired) electrons. The maximum Gasteiger partial charge on any atom is 0.272 e. The number of nitro benzene ring substituents is 1. The summed E-state index contributed by atoms with van der Waals surface area (Å²) in [4.78, 5) is 33.6. The molecule has 0 spiro atoms. The van der Waals surface area contributed by atoms with E-state index < -0.39 is 26.8 Å². The molecule has 3 aromatic carbocycles. The summed E-state index contributed by atoms with van der Waals surface area (Å²) in [5.74, 6) is -0.686. The Kier molecular flexibility index (Phi) is 8.97. The largest absolute Gasteiger partial charge is 0.329 e. The zero-order chi connectivity index (χ0) is 30.6. The minimum atomic E-state index is -3.32. The molecule has 0 aliphatic carbocycles. The van der Waals surface area contributed by atoms with Gasteiger partial charge in [0.2, 0.25) is 5.91 Å². The molecule has 1 amide bonds. The van der Waals surface area contributed by atoms with Crippen molar-refractivity contribution >= 4 is 27.1 Å². The number of halogens is 1. The number of hydrogen-bond donors (Lipinski definition) is 0.